The predicted molar refractivity (Wildman–Crippen MR) is 84.5 cm³/mol. The van der Waals surface area contributed by atoms with E-state index in [2.05, 4.69) is 9.46 Å². The van der Waals surface area contributed by atoms with E-state index in [1.807, 2.05) is 0 Å². The molecule has 0 atom stereocenters. The summed E-state index contributed by atoms with van der Waals surface area (Å²) in [4.78, 5) is 11.4. The topological polar surface area (TPSA) is 72.5 Å². The maximum absolute atomic E-state index is 13.8. The van der Waals surface area contributed by atoms with E-state index in [0.29, 0.717) is 11.1 Å². The summed E-state index contributed by atoms with van der Waals surface area (Å²) in [6, 6.07) is 8.33. The second kappa shape index (κ2) is 6.37. The molecule has 2 aromatic rings. The molecular formula is C16H16FNO4S. The monoisotopic (exact) mass is 337 g/mol. The Balaban J connectivity index is 2.43. The first-order chi connectivity index (χ1) is 10.8. The van der Waals surface area contributed by atoms with Gasteiger partial charge in [0.05, 0.1) is 23.3 Å². The van der Waals surface area contributed by atoms with Crippen LogP contribution >= 0.6 is 0 Å². The zero-order chi connectivity index (χ0) is 17.2. The Morgan fingerprint density at radius 2 is 1.83 bits per heavy atom. The van der Waals surface area contributed by atoms with Crippen molar-refractivity contribution in [2.24, 2.45) is 0 Å². The van der Waals surface area contributed by atoms with Gasteiger partial charge in [0, 0.05) is 0 Å². The first kappa shape index (κ1) is 17.0. The molecular weight excluding hydrogens is 321 g/mol. The lowest BCUT2D eigenvalue weighted by Gasteiger charge is -2.13. The Kier molecular flexibility index (Phi) is 4.70. The maximum Gasteiger partial charge on any atom is 0.337 e. The molecule has 0 radical (unpaired) electrons. The second-order valence-corrected chi connectivity index (χ2v) is 6.66. The average Bonchev–Trinajstić information content (AvgIpc) is 2.50. The maximum atomic E-state index is 13.8. The number of ether oxygens (including phenoxy) is 1. The van der Waals surface area contributed by atoms with Gasteiger partial charge in [0.25, 0.3) is 10.0 Å². The number of aryl methyl sites for hydroxylation is 2. The quantitative estimate of drug-likeness (QED) is 0.871. The molecule has 0 aliphatic rings. The lowest BCUT2D eigenvalue weighted by molar-refractivity contribution is 0.0600. The molecule has 122 valence electrons. The molecule has 0 spiro atoms. The molecule has 0 saturated carbocycles. The van der Waals surface area contributed by atoms with Gasteiger partial charge >= 0.3 is 5.97 Å². The summed E-state index contributed by atoms with van der Waals surface area (Å²) in [5, 5.41) is 0. The fourth-order valence-electron chi connectivity index (χ4n) is 2.15. The van der Waals surface area contributed by atoms with Crippen molar-refractivity contribution in [3.8, 4) is 0 Å². The molecule has 7 heteroatoms. The molecule has 0 saturated heterocycles. The van der Waals surface area contributed by atoms with Crippen LogP contribution in [0.5, 0.6) is 0 Å². The minimum Gasteiger partial charge on any atom is -0.465 e. The molecule has 0 amide bonds. The fraction of sp³-hybridized carbons (Fsp3) is 0.188. The SMILES string of the molecule is COC(=O)c1ccc(S(=O)(=O)Nc2c(C)cccc2F)c(C)c1. The Bertz CT molecular complexity index is 842. The zero-order valence-electron chi connectivity index (χ0n) is 12.9. The van der Waals surface area contributed by atoms with Crippen molar-refractivity contribution >= 4 is 21.7 Å². The van der Waals surface area contributed by atoms with Gasteiger partial charge in [-0.3, -0.25) is 4.72 Å². The second-order valence-electron chi connectivity index (χ2n) is 5.01. The minimum atomic E-state index is -3.98. The molecule has 0 aromatic heterocycles. The molecule has 0 fully saturated rings. The van der Waals surface area contributed by atoms with E-state index in [0.717, 1.165) is 0 Å². The standard InChI is InChI=1S/C16H16FNO4S/c1-10-5-4-6-13(17)15(10)18-23(20,21)14-8-7-12(9-11(14)2)16(19)22-3/h4-9,18H,1-3H3. The van der Waals surface area contributed by atoms with Crippen molar-refractivity contribution < 1.29 is 22.3 Å². The predicted octanol–water partition coefficient (Wildman–Crippen LogP) is 3.03. The third-order valence-electron chi connectivity index (χ3n) is 3.34. The van der Waals surface area contributed by atoms with Crippen molar-refractivity contribution in [1.29, 1.82) is 0 Å². The number of halogens is 1. The molecule has 0 aliphatic heterocycles. The third-order valence-corrected chi connectivity index (χ3v) is 4.85. The van der Waals surface area contributed by atoms with E-state index in [4.69, 9.17) is 0 Å². The first-order valence-corrected chi connectivity index (χ1v) is 8.21. The fourth-order valence-corrected chi connectivity index (χ4v) is 3.51. The number of para-hydroxylation sites is 1. The van der Waals surface area contributed by atoms with Crippen LogP contribution in [0.25, 0.3) is 0 Å². The number of rotatable bonds is 4. The van der Waals surface area contributed by atoms with Gasteiger partial charge in [-0.2, -0.15) is 0 Å². The van der Waals surface area contributed by atoms with E-state index < -0.39 is 21.8 Å². The van der Waals surface area contributed by atoms with Gasteiger partial charge in [-0.15, -0.1) is 0 Å². The van der Waals surface area contributed by atoms with Crippen molar-refractivity contribution in [2.45, 2.75) is 18.7 Å². The van der Waals surface area contributed by atoms with Gasteiger partial charge in [-0.25, -0.2) is 17.6 Å². The van der Waals surface area contributed by atoms with Gasteiger partial charge in [0.2, 0.25) is 0 Å². The summed E-state index contributed by atoms with van der Waals surface area (Å²) in [5.41, 5.74) is 0.974. The van der Waals surface area contributed by atoms with E-state index in [1.165, 1.54) is 37.4 Å². The molecule has 2 aromatic carbocycles. The third kappa shape index (κ3) is 3.50. The van der Waals surface area contributed by atoms with E-state index in [-0.39, 0.29) is 16.1 Å². The van der Waals surface area contributed by atoms with Gasteiger partial charge in [-0.05, 0) is 49.2 Å². The van der Waals surface area contributed by atoms with Crippen LogP contribution in [0, 0.1) is 19.7 Å². The number of esters is 1. The Labute approximate surface area is 134 Å². The summed E-state index contributed by atoms with van der Waals surface area (Å²) in [6.45, 7) is 3.16. The smallest absolute Gasteiger partial charge is 0.337 e. The lowest BCUT2D eigenvalue weighted by atomic mass is 10.1. The normalized spacial score (nSPS) is 11.1. The summed E-state index contributed by atoms with van der Waals surface area (Å²) >= 11 is 0. The van der Waals surface area contributed by atoms with Crippen LogP contribution in [-0.4, -0.2) is 21.5 Å². The van der Waals surface area contributed by atoms with Crippen LogP contribution in [0.1, 0.15) is 21.5 Å². The molecule has 0 aliphatic carbocycles. The van der Waals surface area contributed by atoms with E-state index >= 15 is 0 Å². The molecule has 0 heterocycles. The highest BCUT2D eigenvalue weighted by atomic mass is 32.2. The van der Waals surface area contributed by atoms with Crippen LogP contribution in [0.2, 0.25) is 0 Å². The Morgan fingerprint density at radius 3 is 2.39 bits per heavy atom. The number of sulfonamides is 1. The highest BCUT2D eigenvalue weighted by Crippen LogP contribution is 2.25. The number of carbonyl (C=O) groups excluding carboxylic acids is 1. The summed E-state index contributed by atoms with van der Waals surface area (Å²) in [7, 11) is -2.74. The lowest BCUT2D eigenvalue weighted by Crippen LogP contribution is -2.16. The average molecular weight is 337 g/mol. The van der Waals surface area contributed by atoms with Crippen LogP contribution in [0.4, 0.5) is 10.1 Å². The highest BCUT2D eigenvalue weighted by molar-refractivity contribution is 7.92. The Hall–Kier alpha value is -2.41. The molecule has 23 heavy (non-hydrogen) atoms. The highest BCUT2D eigenvalue weighted by Gasteiger charge is 2.21. The van der Waals surface area contributed by atoms with Crippen molar-refractivity contribution in [3.05, 3.63) is 58.9 Å². The van der Waals surface area contributed by atoms with Crippen LogP contribution < -0.4 is 4.72 Å². The zero-order valence-corrected chi connectivity index (χ0v) is 13.7. The molecule has 5 nitrogen and oxygen atoms in total. The minimum absolute atomic E-state index is 0.0344. The van der Waals surface area contributed by atoms with E-state index in [1.54, 1.807) is 19.9 Å². The number of anilines is 1. The van der Waals surface area contributed by atoms with Gasteiger partial charge < -0.3 is 4.74 Å². The van der Waals surface area contributed by atoms with E-state index in [9.17, 15) is 17.6 Å². The van der Waals surface area contributed by atoms with Crippen molar-refractivity contribution in [1.82, 2.24) is 0 Å². The molecule has 1 N–H and O–H groups in total. The first-order valence-electron chi connectivity index (χ1n) is 6.73. The van der Waals surface area contributed by atoms with Gasteiger partial charge in [0.15, 0.2) is 0 Å². The number of nitrogens with one attached hydrogen (secondary N) is 1. The van der Waals surface area contributed by atoms with Gasteiger partial charge in [-0.1, -0.05) is 12.1 Å². The van der Waals surface area contributed by atoms with Gasteiger partial charge in [0.1, 0.15) is 5.82 Å². The van der Waals surface area contributed by atoms with Crippen LogP contribution in [0.3, 0.4) is 0 Å². The number of methoxy groups -OCH3 is 1. The Morgan fingerprint density at radius 1 is 1.13 bits per heavy atom. The number of benzene rings is 2. The summed E-state index contributed by atoms with van der Waals surface area (Å²) in [6.07, 6.45) is 0. The summed E-state index contributed by atoms with van der Waals surface area (Å²) < 4.78 is 45.6. The molecule has 2 rings (SSSR count). The number of carbonyl (C=O) groups is 1. The largest absolute Gasteiger partial charge is 0.465 e. The van der Waals surface area contributed by atoms with Crippen molar-refractivity contribution in [3.63, 3.8) is 0 Å². The molecule has 0 unspecified atom stereocenters. The molecule has 0 bridgehead atoms. The van der Waals surface area contributed by atoms with Crippen LogP contribution in [0.15, 0.2) is 41.3 Å². The van der Waals surface area contributed by atoms with Crippen molar-refractivity contribution in [2.75, 3.05) is 11.8 Å². The van der Waals surface area contributed by atoms with Crippen LogP contribution in [-0.2, 0) is 14.8 Å². The summed E-state index contributed by atoms with van der Waals surface area (Å²) in [5.74, 6) is -1.22. The number of hydrogen-bond donors (Lipinski definition) is 1. The number of hydrogen-bond acceptors (Lipinski definition) is 4.